The van der Waals surface area contributed by atoms with Crippen LogP contribution in [0.2, 0.25) is 0 Å². The van der Waals surface area contributed by atoms with Crippen LogP contribution in [0.3, 0.4) is 0 Å². The molecule has 0 aliphatic heterocycles. The van der Waals surface area contributed by atoms with Crippen molar-refractivity contribution in [3.05, 3.63) is 53.2 Å². The minimum Gasteiger partial charge on any atom is -0.493 e. The molecule has 0 fully saturated rings. The number of aromatic nitrogens is 1. The van der Waals surface area contributed by atoms with Gasteiger partial charge in [-0.05, 0) is 43.2 Å². The van der Waals surface area contributed by atoms with Crippen molar-refractivity contribution in [2.45, 2.75) is 20.3 Å². The first kappa shape index (κ1) is 16.5. The Bertz CT molecular complexity index is 728. The molecule has 1 aromatic carbocycles. The van der Waals surface area contributed by atoms with Crippen LogP contribution >= 0.6 is 0 Å². The quantitative estimate of drug-likeness (QED) is 0.855. The maximum Gasteiger partial charge on any atom is 0.335 e. The third-order valence-corrected chi connectivity index (χ3v) is 3.25. The Morgan fingerprint density at radius 3 is 2.65 bits per heavy atom. The second kappa shape index (κ2) is 7.40. The number of anilines is 1. The van der Waals surface area contributed by atoms with E-state index in [2.05, 4.69) is 10.3 Å². The fourth-order valence-electron chi connectivity index (χ4n) is 2.07. The van der Waals surface area contributed by atoms with Crippen molar-refractivity contribution >= 4 is 17.7 Å². The van der Waals surface area contributed by atoms with E-state index in [4.69, 9.17) is 9.84 Å². The zero-order valence-corrected chi connectivity index (χ0v) is 13.0. The number of rotatable bonds is 6. The molecule has 0 unspecified atom stereocenters. The summed E-state index contributed by atoms with van der Waals surface area (Å²) >= 11 is 0. The summed E-state index contributed by atoms with van der Waals surface area (Å²) in [5, 5.41) is 11.6. The molecular formula is C17H18N2O4. The number of aromatic carboxylic acids is 1. The summed E-state index contributed by atoms with van der Waals surface area (Å²) in [5.41, 5.74) is 1.46. The molecule has 23 heavy (non-hydrogen) atoms. The average Bonchev–Trinajstić information content (AvgIpc) is 2.55. The molecule has 1 heterocycles. The molecule has 2 N–H and O–H groups in total. The van der Waals surface area contributed by atoms with E-state index in [1.165, 1.54) is 18.3 Å². The predicted molar refractivity (Wildman–Crippen MR) is 86.1 cm³/mol. The number of nitrogens with one attached hydrogen (secondary N) is 1. The lowest BCUT2D eigenvalue weighted by Crippen LogP contribution is -2.15. The zero-order chi connectivity index (χ0) is 16.8. The van der Waals surface area contributed by atoms with Gasteiger partial charge in [0.05, 0.1) is 17.7 Å². The first-order valence-electron chi connectivity index (χ1n) is 7.31. The van der Waals surface area contributed by atoms with Crippen LogP contribution in [0.15, 0.2) is 36.5 Å². The van der Waals surface area contributed by atoms with Crippen LogP contribution in [0.4, 0.5) is 5.82 Å². The van der Waals surface area contributed by atoms with Crippen molar-refractivity contribution in [1.82, 2.24) is 4.98 Å². The fourth-order valence-corrected chi connectivity index (χ4v) is 2.07. The van der Waals surface area contributed by atoms with Crippen molar-refractivity contribution in [2.24, 2.45) is 0 Å². The predicted octanol–water partition coefficient (Wildman–Crippen LogP) is 2.99. The number of hydrogen-bond donors (Lipinski definition) is 2. The van der Waals surface area contributed by atoms with E-state index in [1.807, 2.05) is 19.9 Å². The molecule has 1 amide bonds. The molecule has 0 aliphatic rings. The van der Waals surface area contributed by atoms with Gasteiger partial charge in [0.2, 0.25) is 0 Å². The highest BCUT2D eigenvalue weighted by atomic mass is 16.5. The molecular weight excluding hydrogens is 296 g/mol. The van der Waals surface area contributed by atoms with Crippen LogP contribution < -0.4 is 10.1 Å². The Labute approximate surface area is 134 Å². The van der Waals surface area contributed by atoms with Gasteiger partial charge < -0.3 is 15.2 Å². The van der Waals surface area contributed by atoms with Crippen molar-refractivity contribution < 1.29 is 19.4 Å². The van der Waals surface area contributed by atoms with Gasteiger partial charge in [0.1, 0.15) is 11.6 Å². The summed E-state index contributed by atoms with van der Waals surface area (Å²) in [5.74, 6) is -0.805. The highest BCUT2D eigenvalue weighted by Gasteiger charge is 2.15. The number of carboxylic acids is 1. The molecule has 0 saturated carbocycles. The van der Waals surface area contributed by atoms with Crippen molar-refractivity contribution in [3.8, 4) is 5.75 Å². The topological polar surface area (TPSA) is 88.5 Å². The van der Waals surface area contributed by atoms with E-state index in [0.29, 0.717) is 17.9 Å². The van der Waals surface area contributed by atoms with E-state index >= 15 is 0 Å². The molecule has 6 nitrogen and oxygen atoms in total. The van der Waals surface area contributed by atoms with Crippen LogP contribution in [0, 0.1) is 0 Å². The van der Waals surface area contributed by atoms with Crippen LogP contribution in [-0.4, -0.2) is 28.6 Å². The van der Waals surface area contributed by atoms with Crippen molar-refractivity contribution in [1.29, 1.82) is 0 Å². The molecule has 0 atom stereocenters. The third-order valence-electron chi connectivity index (χ3n) is 3.25. The van der Waals surface area contributed by atoms with E-state index in [-0.39, 0.29) is 11.4 Å². The number of benzene rings is 1. The Kier molecular flexibility index (Phi) is 5.30. The summed E-state index contributed by atoms with van der Waals surface area (Å²) in [7, 11) is 0. The first-order valence-corrected chi connectivity index (χ1v) is 7.31. The molecule has 0 radical (unpaired) electrons. The Morgan fingerprint density at radius 2 is 2.00 bits per heavy atom. The molecule has 120 valence electrons. The van der Waals surface area contributed by atoms with Crippen LogP contribution in [0.1, 0.15) is 40.1 Å². The summed E-state index contributed by atoms with van der Waals surface area (Å²) < 4.78 is 5.48. The molecule has 0 bridgehead atoms. The van der Waals surface area contributed by atoms with Gasteiger partial charge >= 0.3 is 5.97 Å². The number of carbonyl (C=O) groups excluding carboxylic acids is 1. The number of nitrogens with zero attached hydrogens (tertiary/aromatic N) is 1. The van der Waals surface area contributed by atoms with E-state index in [0.717, 1.165) is 12.0 Å². The van der Waals surface area contributed by atoms with Gasteiger partial charge in [0, 0.05) is 6.20 Å². The van der Waals surface area contributed by atoms with E-state index in [9.17, 15) is 9.59 Å². The van der Waals surface area contributed by atoms with E-state index < -0.39 is 11.9 Å². The SMILES string of the molecule is CCOc1ccc(CC)cc1C(=O)Nc1cc(C(=O)O)ccn1. The van der Waals surface area contributed by atoms with Gasteiger partial charge in [-0.2, -0.15) is 0 Å². The molecule has 2 rings (SSSR count). The second-order valence-corrected chi connectivity index (χ2v) is 4.81. The number of pyridine rings is 1. The first-order chi connectivity index (χ1) is 11.0. The monoisotopic (exact) mass is 314 g/mol. The van der Waals surface area contributed by atoms with Gasteiger partial charge in [-0.15, -0.1) is 0 Å². The van der Waals surface area contributed by atoms with Crippen molar-refractivity contribution in [2.75, 3.05) is 11.9 Å². The van der Waals surface area contributed by atoms with Gasteiger partial charge in [-0.25, -0.2) is 9.78 Å². The maximum absolute atomic E-state index is 12.5. The number of carbonyl (C=O) groups is 2. The summed E-state index contributed by atoms with van der Waals surface area (Å²) in [4.78, 5) is 27.4. The molecule has 6 heteroatoms. The Morgan fingerprint density at radius 1 is 1.22 bits per heavy atom. The number of amides is 1. The summed E-state index contributed by atoms with van der Waals surface area (Å²) in [6.45, 7) is 4.28. The van der Waals surface area contributed by atoms with Gasteiger partial charge in [-0.1, -0.05) is 13.0 Å². The summed E-state index contributed by atoms with van der Waals surface area (Å²) in [6.07, 6.45) is 2.13. The van der Waals surface area contributed by atoms with Crippen LogP contribution in [0.25, 0.3) is 0 Å². The second-order valence-electron chi connectivity index (χ2n) is 4.81. The van der Waals surface area contributed by atoms with Crippen LogP contribution in [0.5, 0.6) is 5.75 Å². The van der Waals surface area contributed by atoms with Crippen molar-refractivity contribution in [3.63, 3.8) is 0 Å². The average molecular weight is 314 g/mol. The highest BCUT2D eigenvalue weighted by Crippen LogP contribution is 2.22. The number of aryl methyl sites for hydroxylation is 1. The lowest BCUT2D eigenvalue weighted by molar-refractivity contribution is 0.0696. The fraction of sp³-hybridized carbons (Fsp3) is 0.235. The van der Waals surface area contributed by atoms with Gasteiger partial charge in [0.15, 0.2) is 0 Å². The minimum absolute atomic E-state index is 0.0580. The maximum atomic E-state index is 12.5. The van der Waals surface area contributed by atoms with Crippen LogP contribution in [-0.2, 0) is 6.42 Å². The lowest BCUT2D eigenvalue weighted by Gasteiger charge is -2.12. The molecule has 0 saturated heterocycles. The molecule has 0 aliphatic carbocycles. The zero-order valence-electron chi connectivity index (χ0n) is 13.0. The minimum atomic E-state index is -1.08. The molecule has 0 spiro atoms. The standard InChI is InChI=1S/C17H18N2O4/c1-3-11-5-6-14(23-4-2)13(9-11)16(20)19-15-10-12(17(21)22)7-8-18-15/h5-10H,3-4H2,1-2H3,(H,21,22)(H,18,19,20). The summed E-state index contributed by atoms with van der Waals surface area (Å²) in [6, 6.07) is 8.11. The smallest absolute Gasteiger partial charge is 0.335 e. The Hall–Kier alpha value is -2.89. The van der Waals surface area contributed by atoms with Gasteiger partial charge in [-0.3, -0.25) is 4.79 Å². The number of ether oxygens (including phenoxy) is 1. The van der Waals surface area contributed by atoms with Gasteiger partial charge in [0.25, 0.3) is 5.91 Å². The number of hydrogen-bond acceptors (Lipinski definition) is 4. The number of carboxylic acid groups (broad SMARTS) is 1. The normalized spacial score (nSPS) is 10.2. The third kappa shape index (κ3) is 4.06. The van der Waals surface area contributed by atoms with E-state index in [1.54, 1.807) is 12.1 Å². The Balaban J connectivity index is 2.29. The highest BCUT2D eigenvalue weighted by molar-refractivity contribution is 6.06. The molecule has 1 aromatic heterocycles. The molecule has 2 aromatic rings. The largest absolute Gasteiger partial charge is 0.493 e. The lowest BCUT2D eigenvalue weighted by atomic mass is 10.1.